The molecule has 5 aromatic rings. The Labute approximate surface area is 181 Å². The van der Waals surface area contributed by atoms with Crippen LogP contribution in [0.2, 0.25) is 0 Å². The van der Waals surface area contributed by atoms with Gasteiger partial charge in [-0.15, -0.1) is 0 Å². The van der Waals surface area contributed by atoms with Crippen LogP contribution in [-0.2, 0) is 4.79 Å². The molecular formula is C24H15N3O3S. The number of hydrogen-bond acceptors (Lipinski definition) is 6. The lowest BCUT2D eigenvalue weighted by Gasteiger charge is -2.03. The van der Waals surface area contributed by atoms with Gasteiger partial charge in [-0.05, 0) is 6.07 Å². The van der Waals surface area contributed by atoms with Crippen molar-refractivity contribution in [2.75, 3.05) is 0 Å². The monoisotopic (exact) mass is 425 g/mol. The van der Waals surface area contributed by atoms with E-state index in [9.17, 15) is 9.59 Å². The molecule has 3 aromatic carbocycles. The molecule has 2 aromatic heterocycles. The average Bonchev–Trinajstić information content (AvgIpc) is 3.44. The summed E-state index contributed by atoms with van der Waals surface area (Å²) < 4.78 is 6.56. The number of carbonyl (C=O) groups excluding carboxylic acids is 2. The number of rotatable bonds is 6. The van der Waals surface area contributed by atoms with Gasteiger partial charge >= 0.3 is 0 Å². The van der Waals surface area contributed by atoms with Crippen molar-refractivity contribution in [2.24, 2.45) is 0 Å². The first kappa shape index (κ1) is 18.9. The van der Waals surface area contributed by atoms with Crippen molar-refractivity contribution < 1.29 is 14.3 Å². The smallest absolute Gasteiger partial charge is 0.299 e. The number of benzene rings is 3. The third-order valence-electron chi connectivity index (χ3n) is 4.86. The van der Waals surface area contributed by atoms with E-state index in [1.54, 1.807) is 10.1 Å². The highest BCUT2D eigenvalue weighted by Gasteiger charge is 2.16. The molecule has 0 unspecified atom stereocenters. The summed E-state index contributed by atoms with van der Waals surface area (Å²) in [7, 11) is 0. The van der Waals surface area contributed by atoms with E-state index in [4.69, 9.17) is 9.84 Å². The number of fused-ring (bicyclic) bond motifs is 1. The van der Waals surface area contributed by atoms with Crippen molar-refractivity contribution in [2.45, 2.75) is 0 Å². The van der Waals surface area contributed by atoms with Gasteiger partial charge in [0, 0.05) is 22.1 Å². The largest absolute Gasteiger partial charge is 0.409 e. The molecule has 0 bridgehead atoms. The van der Waals surface area contributed by atoms with E-state index in [0.717, 1.165) is 22.2 Å². The molecule has 7 heteroatoms. The maximum Gasteiger partial charge on any atom is 0.299 e. The average molecular weight is 425 g/mol. The molecule has 0 amide bonds. The molecule has 0 N–H and O–H groups in total. The predicted molar refractivity (Wildman–Crippen MR) is 119 cm³/mol. The molecule has 6 nitrogen and oxygen atoms in total. The van der Waals surface area contributed by atoms with Gasteiger partial charge in [-0.2, -0.15) is 10.1 Å². The summed E-state index contributed by atoms with van der Waals surface area (Å²) in [6.45, 7) is 0.351. The van der Waals surface area contributed by atoms with Crippen LogP contribution in [0.5, 0.6) is 5.88 Å². The van der Waals surface area contributed by atoms with E-state index in [1.165, 1.54) is 11.3 Å². The predicted octanol–water partition coefficient (Wildman–Crippen LogP) is 4.92. The van der Waals surface area contributed by atoms with Crippen LogP contribution in [0.25, 0.3) is 27.3 Å². The standard InChI is InChI=1S/C24H15N3O3S/c28-15-30-21-14-31-24(25-21)27-20-9-5-4-8-19(20)22(26-27)16-10-12-18(13-11-16)23(29)17-6-2-1-3-7-17/h1-15H. The minimum atomic E-state index is -0.0203. The highest BCUT2D eigenvalue weighted by molar-refractivity contribution is 7.12. The normalized spacial score (nSPS) is 10.8. The third kappa shape index (κ3) is 3.51. The number of ether oxygens (including phenoxy) is 1. The van der Waals surface area contributed by atoms with Crippen molar-refractivity contribution >= 4 is 34.5 Å². The summed E-state index contributed by atoms with van der Waals surface area (Å²) in [6, 6.07) is 24.5. The molecule has 0 spiro atoms. The van der Waals surface area contributed by atoms with Crippen LogP contribution in [0, 0.1) is 0 Å². The molecule has 5 rings (SSSR count). The number of aromatic nitrogens is 3. The van der Waals surface area contributed by atoms with Crippen LogP contribution >= 0.6 is 11.3 Å². The molecular weight excluding hydrogens is 410 g/mol. The Balaban J connectivity index is 1.54. The Morgan fingerprint density at radius 3 is 2.39 bits per heavy atom. The van der Waals surface area contributed by atoms with Crippen molar-refractivity contribution in [3.05, 3.63) is 95.4 Å². The molecule has 0 saturated heterocycles. The first-order valence-corrected chi connectivity index (χ1v) is 10.4. The van der Waals surface area contributed by atoms with E-state index in [2.05, 4.69) is 4.98 Å². The maximum atomic E-state index is 12.7. The Morgan fingerprint density at radius 1 is 0.903 bits per heavy atom. The molecule has 0 saturated carbocycles. The summed E-state index contributed by atoms with van der Waals surface area (Å²) in [5.74, 6) is 0.216. The number of para-hydroxylation sites is 1. The van der Waals surface area contributed by atoms with E-state index in [1.807, 2.05) is 78.9 Å². The molecule has 0 aliphatic carbocycles. The zero-order valence-corrected chi connectivity index (χ0v) is 17.0. The second-order valence-corrected chi connectivity index (χ2v) is 7.57. The van der Waals surface area contributed by atoms with Crippen molar-refractivity contribution in [1.82, 2.24) is 14.8 Å². The zero-order valence-electron chi connectivity index (χ0n) is 16.1. The summed E-state index contributed by atoms with van der Waals surface area (Å²) in [4.78, 5) is 27.6. The summed E-state index contributed by atoms with van der Waals surface area (Å²) >= 11 is 1.33. The molecule has 0 fully saturated rings. The molecule has 0 radical (unpaired) electrons. The van der Waals surface area contributed by atoms with Crippen LogP contribution in [0.1, 0.15) is 15.9 Å². The van der Waals surface area contributed by atoms with E-state index >= 15 is 0 Å². The molecule has 0 aliphatic heterocycles. The maximum absolute atomic E-state index is 12.7. The van der Waals surface area contributed by atoms with Gasteiger partial charge in [0.05, 0.1) is 10.9 Å². The van der Waals surface area contributed by atoms with E-state index in [0.29, 0.717) is 22.7 Å². The van der Waals surface area contributed by atoms with Crippen molar-refractivity contribution in [3.8, 4) is 22.3 Å². The zero-order chi connectivity index (χ0) is 21.2. The Morgan fingerprint density at radius 2 is 1.61 bits per heavy atom. The SMILES string of the molecule is O=COc1csc(-n2nc(-c3ccc(C(=O)c4ccccc4)cc3)c3ccccc32)n1. The Kier molecular flexibility index (Phi) is 4.86. The van der Waals surface area contributed by atoms with Gasteiger partial charge < -0.3 is 4.74 Å². The molecule has 2 heterocycles. The lowest BCUT2D eigenvalue weighted by Crippen LogP contribution is -2.00. The fourth-order valence-corrected chi connectivity index (χ4v) is 4.11. The summed E-state index contributed by atoms with van der Waals surface area (Å²) in [5, 5.41) is 7.98. The summed E-state index contributed by atoms with van der Waals surface area (Å²) in [5.41, 5.74) is 3.83. The Hall–Kier alpha value is -4.10. The van der Waals surface area contributed by atoms with Gasteiger partial charge in [-0.25, -0.2) is 4.68 Å². The lowest BCUT2D eigenvalue weighted by atomic mass is 10.0. The van der Waals surface area contributed by atoms with Gasteiger partial charge in [0.25, 0.3) is 6.47 Å². The number of carbonyl (C=O) groups is 2. The van der Waals surface area contributed by atoms with Crippen molar-refractivity contribution in [3.63, 3.8) is 0 Å². The topological polar surface area (TPSA) is 74.1 Å². The van der Waals surface area contributed by atoms with E-state index < -0.39 is 0 Å². The highest BCUT2D eigenvalue weighted by Crippen LogP contribution is 2.31. The van der Waals surface area contributed by atoms with Crippen molar-refractivity contribution in [1.29, 1.82) is 0 Å². The first-order valence-electron chi connectivity index (χ1n) is 9.49. The van der Waals surface area contributed by atoms with Gasteiger partial charge in [-0.3, -0.25) is 9.59 Å². The fourth-order valence-electron chi connectivity index (χ4n) is 3.41. The second kappa shape index (κ2) is 7.97. The first-order chi connectivity index (χ1) is 15.2. The number of ketones is 1. The van der Waals surface area contributed by atoms with Gasteiger partial charge in [0.2, 0.25) is 11.0 Å². The lowest BCUT2D eigenvalue weighted by molar-refractivity contribution is -0.120. The summed E-state index contributed by atoms with van der Waals surface area (Å²) in [6.07, 6.45) is 0. The number of hydrogen-bond donors (Lipinski definition) is 0. The quantitative estimate of drug-likeness (QED) is 0.285. The van der Waals surface area contributed by atoms with E-state index in [-0.39, 0.29) is 11.7 Å². The number of nitrogens with zero attached hydrogens (tertiary/aromatic N) is 3. The third-order valence-corrected chi connectivity index (χ3v) is 5.66. The molecule has 150 valence electrons. The van der Waals surface area contributed by atoms with Gasteiger partial charge in [0.15, 0.2) is 5.78 Å². The molecule has 31 heavy (non-hydrogen) atoms. The molecule has 0 atom stereocenters. The highest BCUT2D eigenvalue weighted by atomic mass is 32.1. The van der Waals surface area contributed by atoms with Crippen LogP contribution in [0.3, 0.4) is 0 Å². The van der Waals surface area contributed by atoms with Crippen LogP contribution in [0.4, 0.5) is 0 Å². The van der Waals surface area contributed by atoms with Crippen LogP contribution in [0.15, 0.2) is 84.2 Å². The number of thiazole rings is 1. The second-order valence-electron chi connectivity index (χ2n) is 6.73. The Bertz CT molecular complexity index is 1390. The molecule has 0 aliphatic rings. The minimum absolute atomic E-state index is 0.0203. The van der Waals surface area contributed by atoms with Gasteiger partial charge in [0.1, 0.15) is 5.69 Å². The minimum Gasteiger partial charge on any atom is -0.409 e. The van der Waals surface area contributed by atoms with Crippen LogP contribution in [-0.4, -0.2) is 27.0 Å². The van der Waals surface area contributed by atoms with Crippen LogP contribution < -0.4 is 4.74 Å². The fraction of sp³-hybridized carbons (Fsp3) is 0. The van der Waals surface area contributed by atoms with Gasteiger partial charge in [-0.1, -0.05) is 84.1 Å².